The summed E-state index contributed by atoms with van der Waals surface area (Å²) in [4.78, 5) is 0. The first-order valence-corrected chi connectivity index (χ1v) is 7.27. The summed E-state index contributed by atoms with van der Waals surface area (Å²) in [7, 11) is 1.64. The minimum atomic E-state index is 0.395. The van der Waals surface area contributed by atoms with Gasteiger partial charge < -0.3 is 15.2 Å². The van der Waals surface area contributed by atoms with E-state index < -0.39 is 0 Å². The Morgan fingerprint density at radius 2 is 2.00 bits per heavy atom. The predicted octanol–water partition coefficient (Wildman–Crippen LogP) is 1.94. The van der Waals surface area contributed by atoms with E-state index in [2.05, 4.69) is 16.9 Å². The molecule has 1 aromatic carbocycles. The van der Waals surface area contributed by atoms with Crippen LogP contribution in [0.4, 0.5) is 0 Å². The molecule has 0 amide bonds. The summed E-state index contributed by atoms with van der Waals surface area (Å²) in [5, 5.41) is 8.19. The van der Waals surface area contributed by atoms with E-state index in [1.807, 2.05) is 28.9 Å². The number of benzene rings is 1. The van der Waals surface area contributed by atoms with Crippen molar-refractivity contribution >= 4 is 0 Å². The van der Waals surface area contributed by atoms with E-state index in [1.165, 1.54) is 0 Å². The molecule has 2 rings (SSSR count). The van der Waals surface area contributed by atoms with E-state index in [0.717, 1.165) is 35.7 Å². The number of hydrogen-bond acceptors (Lipinski definition) is 5. The fourth-order valence-electron chi connectivity index (χ4n) is 2.17. The number of rotatable bonds is 9. The van der Waals surface area contributed by atoms with Crippen LogP contribution < -0.4 is 15.2 Å². The van der Waals surface area contributed by atoms with Gasteiger partial charge in [0, 0.05) is 6.54 Å². The van der Waals surface area contributed by atoms with Crippen molar-refractivity contribution in [1.29, 1.82) is 0 Å². The molecule has 1 aromatic heterocycles. The van der Waals surface area contributed by atoms with Crippen molar-refractivity contribution in [2.24, 2.45) is 5.73 Å². The second kappa shape index (κ2) is 8.19. The van der Waals surface area contributed by atoms with Crippen LogP contribution in [-0.2, 0) is 19.5 Å². The second-order valence-corrected chi connectivity index (χ2v) is 4.79. The van der Waals surface area contributed by atoms with Gasteiger partial charge in [0.1, 0.15) is 11.5 Å². The molecule has 0 aliphatic carbocycles. The molecule has 0 saturated heterocycles. The van der Waals surface area contributed by atoms with E-state index >= 15 is 0 Å². The Hall–Kier alpha value is -2.34. The van der Waals surface area contributed by atoms with Crippen LogP contribution in [-0.4, -0.2) is 28.7 Å². The third-order valence-corrected chi connectivity index (χ3v) is 3.30. The van der Waals surface area contributed by atoms with Crippen LogP contribution >= 0.6 is 0 Å². The SMILES string of the molecule is C=CCn1nnc(CN)c1CCCOc1ccc(OC)cc1. The van der Waals surface area contributed by atoms with Crippen molar-refractivity contribution in [2.75, 3.05) is 13.7 Å². The normalized spacial score (nSPS) is 10.5. The lowest BCUT2D eigenvalue weighted by molar-refractivity contribution is 0.308. The van der Waals surface area contributed by atoms with E-state index in [4.69, 9.17) is 15.2 Å². The fourth-order valence-corrected chi connectivity index (χ4v) is 2.17. The highest BCUT2D eigenvalue weighted by Crippen LogP contribution is 2.17. The summed E-state index contributed by atoms with van der Waals surface area (Å²) in [6.45, 7) is 5.38. The van der Waals surface area contributed by atoms with Gasteiger partial charge in [-0.1, -0.05) is 11.3 Å². The van der Waals surface area contributed by atoms with Crippen LogP contribution in [0.2, 0.25) is 0 Å². The second-order valence-electron chi connectivity index (χ2n) is 4.79. The molecule has 0 atom stereocenters. The van der Waals surface area contributed by atoms with Crippen molar-refractivity contribution in [1.82, 2.24) is 15.0 Å². The predicted molar refractivity (Wildman–Crippen MR) is 84.9 cm³/mol. The van der Waals surface area contributed by atoms with Gasteiger partial charge in [-0.25, -0.2) is 4.68 Å². The molecule has 0 bridgehead atoms. The van der Waals surface area contributed by atoms with E-state index in [9.17, 15) is 0 Å². The highest BCUT2D eigenvalue weighted by molar-refractivity contribution is 5.31. The van der Waals surface area contributed by atoms with Crippen LogP contribution in [0.3, 0.4) is 0 Å². The summed E-state index contributed by atoms with van der Waals surface area (Å²) in [6, 6.07) is 7.55. The zero-order valence-corrected chi connectivity index (χ0v) is 12.9. The van der Waals surface area contributed by atoms with Gasteiger partial charge in [-0.15, -0.1) is 11.7 Å². The number of methoxy groups -OCH3 is 1. The van der Waals surface area contributed by atoms with E-state index in [-0.39, 0.29) is 0 Å². The molecule has 22 heavy (non-hydrogen) atoms. The van der Waals surface area contributed by atoms with Crippen molar-refractivity contribution in [3.05, 3.63) is 48.3 Å². The van der Waals surface area contributed by atoms with Crippen molar-refractivity contribution in [3.8, 4) is 11.5 Å². The van der Waals surface area contributed by atoms with Crippen LogP contribution in [0, 0.1) is 0 Å². The zero-order valence-electron chi connectivity index (χ0n) is 12.9. The van der Waals surface area contributed by atoms with Crippen LogP contribution in [0.5, 0.6) is 11.5 Å². The molecule has 118 valence electrons. The molecule has 0 fully saturated rings. The molecule has 0 spiro atoms. The molecule has 0 saturated carbocycles. The summed E-state index contributed by atoms with van der Waals surface area (Å²) >= 11 is 0. The first-order valence-electron chi connectivity index (χ1n) is 7.27. The standard InChI is InChI=1S/C16H22N4O2/c1-3-10-20-16(15(12-17)18-19-20)5-4-11-22-14-8-6-13(21-2)7-9-14/h3,6-9H,1,4-5,10-12,17H2,2H3. The van der Waals surface area contributed by atoms with E-state index in [1.54, 1.807) is 13.2 Å². The Morgan fingerprint density at radius 3 is 2.64 bits per heavy atom. The number of hydrogen-bond donors (Lipinski definition) is 1. The molecular weight excluding hydrogens is 280 g/mol. The Kier molecular flexibility index (Phi) is 5.97. The summed E-state index contributed by atoms with van der Waals surface area (Å²) in [6.07, 6.45) is 3.49. The number of ether oxygens (including phenoxy) is 2. The van der Waals surface area contributed by atoms with Gasteiger partial charge in [0.15, 0.2) is 0 Å². The van der Waals surface area contributed by atoms with Crippen molar-refractivity contribution in [3.63, 3.8) is 0 Å². The maximum atomic E-state index is 5.72. The minimum Gasteiger partial charge on any atom is -0.497 e. The maximum absolute atomic E-state index is 5.72. The van der Waals surface area contributed by atoms with Gasteiger partial charge in [0.25, 0.3) is 0 Å². The third kappa shape index (κ3) is 4.08. The van der Waals surface area contributed by atoms with Crippen LogP contribution in [0.25, 0.3) is 0 Å². The Labute approximate surface area is 130 Å². The average Bonchev–Trinajstić information content (AvgIpc) is 2.94. The Bertz CT molecular complexity index is 593. The number of allylic oxidation sites excluding steroid dienone is 1. The lowest BCUT2D eigenvalue weighted by Gasteiger charge is -2.08. The summed E-state index contributed by atoms with van der Waals surface area (Å²) in [5.41, 5.74) is 7.59. The van der Waals surface area contributed by atoms with Crippen LogP contribution in [0.15, 0.2) is 36.9 Å². The van der Waals surface area contributed by atoms with Gasteiger partial charge >= 0.3 is 0 Å². The number of nitrogens with zero attached hydrogens (tertiary/aromatic N) is 3. The lowest BCUT2D eigenvalue weighted by atomic mass is 10.2. The lowest BCUT2D eigenvalue weighted by Crippen LogP contribution is -2.09. The maximum Gasteiger partial charge on any atom is 0.119 e. The molecule has 6 heteroatoms. The quantitative estimate of drug-likeness (QED) is 0.566. The molecule has 6 nitrogen and oxygen atoms in total. The van der Waals surface area contributed by atoms with Gasteiger partial charge in [-0.3, -0.25) is 0 Å². The largest absolute Gasteiger partial charge is 0.497 e. The molecule has 1 heterocycles. The van der Waals surface area contributed by atoms with Gasteiger partial charge in [-0.05, 0) is 37.1 Å². The first-order chi connectivity index (χ1) is 10.8. The van der Waals surface area contributed by atoms with E-state index in [0.29, 0.717) is 19.7 Å². The van der Waals surface area contributed by atoms with Gasteiger partial charge in [0.2, 0.25) is 0 Å². The van der Waals surface area contributed by atoms with Crippen LogP contribution in [0.1, 0.15) is 17.8 Å². The first kappa shape index (κ1) is 16.0. The molecule has 0 aliphatic heterocycles. The summed E-state index contributed by atoms with van der Waals surface area (Å²) < 4.78 is 12.7. The van der Waals surface area contributed by atoms with Gasteiger partial charge in [-0.2, -0.15) is 0 Å². The molecular formula is C16H22N4O2. The molecule has 0 radical (unpaired) electrons. The highest BCUT2D eigenvalue weighted by Gasteiger charge is 2.10. The zero-order chi connectivity index (χ0) is 15.8. The number of nitrogens with two attached hydrogens (primary N) is 1. The van der Waals surface area contributed by atoms with Crippen molar-refractivity contribution in [2.45, 2.75) is 25.9 Å². The Morgan fingerprint density at radius 1 is 1.27 bits per heavy atom. The molecule has 2 N–H and O–H groups in total. The monoisotopic (exact) mass is 302 g/mol. The smallest absolute Gasteiger partial charge is 0.119 e. The summed E-state index contributed by atoms with van der Waals surface area (Å²) in [5.74, 6) is 1.65. The third-order valence-electron chi connectivity index (χ3n) is 3.30. The van der Waals surface area contributed by atoms with Crippen molar-refractivity contribution < 1.29 is 9.47 Å². The highest BCUT2D eigenvalue weighted by atomic mass is 16.5. The molecule has 0 aliphatic rings. The van der Waals surface area contributed by atoms with Gasteiger partial charge in [0.05, 0.1) is 31.6 Å². The topological polar surface area (TPSA) is 75.2 Å². The minimum absolute atomic E-state index is 0.395. The fraction of sp³-hybridized carbons (Fsp3) is 0.375. The average molecular weight is 302 g/mol. The molecule has 0 unspecified atom stereocenters. The number of aromatic nitrogens is 3. The Balaban J connectivity index is 1.85. The molecule has 2 aromatic rings.